The number of nitrogens with one attached hydrogen (secondary N) is 1. The molecule has 4 nitrogen and oxygen atoms in total. The summed E-state index contributed by atoms with van der Waals surface area (Å²) in [7, 11) is 1.64. The molecule has 3 rings (SSSR count). The van der Waals surface area contributed by atoms with E-state index in [1.54, 1.807) is 13.3 Å². The zero-order valence-electron chi connectivity index (χ0n) is 14.9. The van der Waals surface area contributed by atoms with Crippen LogP contribution in [0.2, 0.25) is 0 Å². The fourth-order valence-corrected chi connectivity index (χ4v) is 3.27. The number of rotatable bonds is 5. The fourth-order valence-electron chi connectivity index (χ4n) is 2.47. The maximum Gasteiger partial charge on any atom is 0.136 e. The summed E-state index contributed by atoms with van der Waals surface area (Å²) in [4.78, 5) is 4.61. The first kappa shape index (κ1) is 17.7. The molecule has 130 valence electrons. The van der Waals surface area contributed by atoms with Crippen LogP contribution in [-0.2, 0) is 0 Å². The van der Waals surface area contributed by atoms with Gasteiger partial charge in [-0.2, -0.15) is 5.26 Å². The van der Waals surface area contributed by atoms with E-state index >= 15 is 0 Å². The monoisotopic (exact) mass is 361 g/mol. The molecule has 0 aliphatic carbocycles. The Balaban J connectivity index is 1.83. The Kier molecular flexibility index (Phi) is 5.35. The van der Waals surface area contributed by atoms with Crippen molar-refractivity contribution in [1.29, 1.82) is 5.26 Å². The largest absolute Gasteiger partial charge is 0.497 e. The Morgan fingerprint density at radius 3 is 2.65 bits per heavy atom. The maximum absolute atomic E-state index is 9.52. The molecule has 1 N–H and O–H groups in total. The van der Waals surface area contributed by atoms with Crippen LogP contribution in [0.1, 0.15) is 16.1 Å². The Bertz CT molecular complexity index is 981. The number of hydrogen-bond acceptors (Lipinski definition) is 5. The molecule has 5 heteroatoms. The molecule has 0 aliphatic rings. The van der Waals surface area contributed by atoms with Crippen LogP contribution in [0.3, 0.4) is 0 Å². The van der Waals surface area contributed by atoms with Gasteiger partial charge in [-0.3, -0.25) is 0 Å². The first-order chi connectivity index (χ1) is 12.6. The molecule has 0 unspecified atom stereocenters. The second-order valence-corrected chi connectivity index (χ2v) is 6.76. The highest BCUT2D eigenvalue weighted by Crippen LogP contribution is 2.27. The minimum Gasteiger partial charge on any atom is -0.497 e. The molecule has 0 atom stereocenters. The average molecular weight is 361 g/mol. The van der Waals surface area contributed by atoms with Gasteiger partial charge in [-0.15, -0.1) is 11.3 Å². The summed E-state index contributed by atoms with van der Waals surface area (Å²) in [6.45, 7) is 4.08. The van der Waals surface area contributed by atoms with Gasteiger partial charge in [0.2, 0.25) is 0 Å². The molecular formula is C21H19N3OS. The summed E-state index contributed by atoms with van der Waals surface area (Å²) in [6.07, 6.45) is 1.72. The Morgan fingerprint density at radius 1 is 1.19 bits per heavy atom. The Labute approximate surface area is 157 Å². The first-order valence-electron chi connectivity index (χ1n) is 8.15. The van der Waals surface area contributed by atoms with Crippen LogP contribution in [0.25, 0.3) is 16.8 Å². The number of anilines is 1. The third kappa shape index (κ3) is 3.93. The zero-order valence-corrected chi connectivity index (χ0v) is 15.7. The van der Waals surface area contributed by atoms with E-state index in [1.165, 1.54) is 16.9 Å². The molecule has 0 fully saturated rings. The predicted molar refractivity (Wildman–Crippen MR) is 107 cm³/mol. The normalized spacial score (nSPS) is 11.1. The van der Waals surface area contributed by atoms with Crippen molar-refractivity contribution in [3.63, 3.8) is 0 Å². The van der Waals surface area contributed by atoms with Gasteiger partial charge in [-0.1, -0.05) is 12.1 Å². The highest BCUT2D eigenvalue weighted by atomic mass is 32.1. The summed E-state index contributed by atoms with van der Waals surface area (Å²) in [5, 5.41) is 15.4. The minimum absolute atomic E-state index is 0.510. The SMILES string of the molecule is COc1ccc(-c2csc(C(C#N)=CNc3cc(C)ccc3C)n2)cc1. The van der Waals surface area contributed by atoms with Gasteiger partial charge < -0.3 is 10.1 Å². The van der Waals surface area contributed by atoms with Crippen LogP contribution in [-0.4, -0.2) is 12.1 Å². The van der Waals surface area contributed by atoms with E-state index in [4.69, 9.17) is 4.74 Å². The molecule has 2 aromatic carbocycles. The number of aromatic nitrogens is 1. The molecule has 0 saturated heterocycles. The van der Waals surface area contributed by atoms with E-state index in [-0.39, 0.29) is 0 Å². The molecule has 0 aliphatic heterocycles. The van der Waals surface area contributed by atoms with Crippen molar-refractivity contribution >= 4 is 22.6 Å². The number of methoxy groups -OCH3 is 1. The van der Waals surface area contributed by atoms with Gasteiger partial charge in [0, 0.05) is 22.8 Å². The lowest BCUT2D eigenvalue weighted by molar-refractivity contribution is 0.415. The van der Waals surface area contributed by atoms with Crippen molar-refractivity contribution in [1.82, 2.24) is 4.98 Å². The van der Waals surface area contributed by atoms with Gasteiger partial charge in [0.1, 0.15) is 22.4 Å². The summed E-state index contributed by atoms with van der Waals surface area (Å²) in [5.74, 6) is 0.805. The number of aryl methyl sites for hydroxylation is 2. The van der Waals surface area contributed by atoms with E-state index in [0.29, 0.717) is 10.6 Å². The highest BCUT2D eigenvalue weighted by Gasteiger charge is 2.09. The standard InChI is InChI=1S/C21H19N3OS/c1-14-4-5-15(2)19(10-14)23-12-17(11-22)21-24-20(13-26-21)16-6-8-18(25-3)9-7-16/h4-10,12-13,23H,1-3H3. The molecule has 0 bridgehead atoms. The van der Waals surface area contributed by atoms with E-state index < -0.39 is 0 Å². The lowest BCUT2D eigenvalue weighted by Crippen LogP contribution is -1.94. The number of nitriles is 1. The number of hydrogen-bond donors (Lipinski definition) is 1. The first-order valence-corrected chi connectivity index (χ1v) is 9.03. The van der Waals surface area contributed by atoms with Crippen molar-refractivity contribution in [3.8, 4) is 23.1 Å². The lowest BCUT2D eigenvalue weighted by atomic mass is 10.1. The minimum atomic E-state index is 0.510. The second-order valence-electron chi connectivity index (χ2n) is 5.90. The Morgan fingerprint density at radius 2 is 1.96 bits per heavy atom. The van der Waals surface area contributed by atoms with Crippen molar-refractivity contribution < 1.29 is 4.74 Å². The number of nitrogens with zero attached hydrogens (tertiary/aromatic N) is 2. The van der Waals surface area contributed by atoms with Crippen molar-refractivity contribution in [2.75, 3.05) is 12.4 Å². The summed E-state index contributed by atoms with van der Waals surface area (Å²) in [5.41, 5.74) is 5.64. The zero-order chi connectivity index (χ0) is 18.5. The molecule has 26 heavy (non-hydrogen) atoms. The van der Waals surface area contributed by atoms with Crippen LogP contribution in [0.4, 0.5) is 5.69 Å². The number of ether oxygens (including phenoxy) is 1. The molecule has 0 radical (unpaired) electrons. The third-order valence-electron chi connectivity index (χ3n) is 4.01. The average Bonchev–Trinajstić information content (AvgIpc) is 3.15. The summed E-state index contributed by atoms with van der Waals surface area (Å²) in [6, 6.07) is 16.1. The van der Waals surface area contributed by atoms with Crippen molar-refractivity contribution in [3.05, 3.63) is 70.2 Å². The van der Waals surface area contributed by atoms with E-state index in [9.17, 15) is 5.26 Å². The quantitative estimate of drug-likeness (QED) is 0.617. The van der Waals surface area contributed by atoms with Gasteiger partial charge >= 0.3 is 0 Å². The van der Waals surface area contributed by atoms with Crippen molar-refractivity contribution in [2.24, 2.45) is 0 Å². The predicted octanol–water partition coefficient (Wildman–Crippen LogP) is 5.41. The van der Waals surface area contributed by atoms with Crippen LogP contribution in [0.5, 0.6) is 5.75 Å². The molecule has 1 aromatic heterocycles. The smallest absolute Gasteiger partial charge is 0.136 e. The van der Waals surface area contributed by atoms with Gasteiger partial charge in [-0.25, -0.2) is 4.98 Å². The molecule has 1 heterocycles. The highest BCUT2D eigenvalue weighted by molar-refractivity contribution is 7.11. The van der Waals surface area contributed by atoms with Crippen LogP contribution >= 0.6 is 11.3 Å². The number of benzene rings is 2. The summed E-state index contributed by atoms with van der Waals surface area (Å²) >= 11 is 1.46. The van der Waals surface area contributed by atoms with Crippen LogP contribution in [0.15, 0.2) is 54.0 Å². The molecule has 0 saturated carbocycles. The lowest BCUT2D eigenvalue weighted by Gasteiger charge is -2.06. The molecule has 0 spiro atoms. The summed E-state index contributed by atoms with van der Waals surface area (Å²) < 4.78 is 5.18. The topological polar surface area (TPSA) is 57.9 Å². The Hall–Kier alpha value is -3.10. The van der Waals surface area contributed by atoms with Crippen LogP contribution < -0.4 is 10.1 Å². The molecule has 3 aromatic rings. The van der Waals surface area contributed by atoms with E-state index in [0.717, 1.165) is 28.3 Å². The van der Waals surface area contributed by atoms with Gasteiger partial charge in [0.05, 0.1) is 12.8 Å². The van der Waals surface area contributed by atoms with Gasteiger partial charge in [-0.05, 0) is 55.3 Å². The van der Waals surface area contributed by atoms with Crippen molar-refractivity contribution in [2.45, 2.75) is 13.8 Å². The fraction of sp³-hybridized carbons (Fsp3) is 0.143. The number of thiazole rings is 1. The van der Waals surface area contributed by atoms with E-state index in [1.807, 2.05) is 43.5 Å². The molecule has 0 amide bonds. The third-order valence-corrected chi connectivity index (χ3v) is 4.88. The van der Waals surface area contributed by atoms with E-state index in [2.05, 4.69) is 34.6 Å². The number of allylic oxidation sites excluding steroid dienone is 1. The second kappa shape index (κ2) is 7.85. The van der Waals surface area contributed by atoms with Crippen LogP contribution in [0, 0.1) is 25.2 Å². The molecular weight excluding hydrogens is 342 g/mol. The maximum atomic E-state index is 9.52. The van der Waals surface area contributed by atoms with Gasteiger partial charge in [0.15, 0.2) is 0 Å². The van der Waals surface area contributed by atoms with Gasteiger partial charge in [0.25, 0.3) is 0 Å².